The minimum Gasteiger partial charge on any atom is -0.493 e. The van der Waals surface area contributed by atoms with Gasteiger partial charge in [0.2, 0.25) is 5.89 Å². The number of hydrogen-bond acceptors (Lipinski definition) is 3. The maximum atomic E-state index is 5.99. The highest BCUT2D eigenvalue weighted by Gasteiger charge is 2.26. The van der Waals surface area contributed by atoms with Crippen molar-refractivity contribution >= 4 is 0 Å². The third-order valence-corrected chi connectivity index (χ3v) is 5.77. The van der Waals surface area contributed by atoms with Gasteiger partial charge < -0.3 is 9.15 Å². The number of aromatic nitrogens is 1. The van der Waals surface area contributed by atoms with Crippen LogP contribution in [0.3, 0.4) is 0 Å². The molecule has 0 N–H and O–H groups in total. The number of ether oxygens (including phenoxy) is 1. The summed E-state index contributed by atoms with van der Waals surface area (Å²) in [6.07, 6.45) is 6.15. The van der Waals surface area contributed by atoms with Crippen molar-refractivity contribution in [2.24, 2.45) is 5.92 Å². The van der Waals surface area contributed by atoms with Gasteiger partial charge in [-0.2, -0.15) is 0 Å². The molecule has 2 atom stereocenters. The summed E-state index contributed by atoms with van der Waals surface area (Å²) in [6.45, 7) is 5.26. The molecule has 0 fully saturated rings. The first-order valence-corrected chi connectivity index (χ1v) is 10.00. The maximum absolute atomic E-state index is 5.99. The Kier molecular flexibility index (Phi) is 5.28. The van der Waals surface area contributed by atoms with Crippen LogP contribution >= 0.6 is 0 Å². The molecule has 3 heteroatoms. The molecule has 0 saturated heterocycles. The van der Waals surface area contributed by atoms with E-state index in [1.165, 1.54) is 30.4 Å². The van der Waals surface area contributed by atoms with E-state index in [0.29, 0.717) is 18.4 Å². The summed E-state index contributed by atoms with van der Waals surface area (Å²) in [5, 5.41) is 0. The molecular weight excluding hydrogens is 334 g/mol. The molecule has 2 unspecified atom stereocenters. The lowest BCUT2D eigenvalue weighted by Crippen LogP contribution is -2.05. The van der Waals surface area contributed by atoms with Crippen molar-refractivity contribution in [2.45, 2.75) is 45.4 Å². The minimum absolute atomic E-state index is 0.605. The lowest BCUT2D eigenvalue weighted by atomic mass is 9.87. The zero-order chi connectivity index (χ0) is 18.6. The van der Waals surface area contributed by atoms with Crippen molar-refractivity contribution in [2.75, 3.05) is 6.61 Å². The predicted molar refractivity (Wildman–Crippen MR) is 108 cm³/mol. The fraction of sp³-hybridized carbons (Fsp3) is 0.375. The zero-order valence-electron chi connectivity index (χ0n) is 16.2. The molecule has 0 bridgehead atoms. The largest absolute Gasteiger partial charge is 0.493 e. The van der Waals surface area contributed by atoms with Crippen LogP contribution in [0.2, 0.25) is 0 Å². The summed E-state index contributed by atoms with van der Waals surface area (Å²) >= 11 is 0. The zero-order valence-corrected chi connectivity index (χ0v) is 16.2. The van der Waals surface area contributed by atoms with Crippen LogP contribution in [0.25, 0.3) is 11.5 Å². The third-order valence-electron chi connectivity index (χ3n) is 5.77. The first-order chi connectivity index (χ1) is 13.2. The fourth-order valence-corrected chi connectivity index (χ4v) is 4.00. The average Bonchev–Trinajstić information content (AvgIpc) is 3.35. The van der Waals surface area contributed by atoms with Crippen LogP contribution in [0.1, 0.15) is 49.4 Å². The van der Waals surface area contributed by atoms with Crippen molar-refractivity contribution in [3.63, 3.8) is 0 Å². The van der Waals surface area contributed by atoms with Gasteiger partial charge in [0.25, 0.3) is 0 Å². The van der Waals surface area contributed by atoms with Gasteiger partial charge in [-0.05, 0) is 60.1 Å². The van der Waals surface area contributed by atoms with E-state index >= 15 is 0 Å². The Bertz CT molecular complexity index is 884. The van der Waals surface area contributed by atoms with Crippen LogP contribution in [0.15, 0.2) is 59.2 Å². The van der Waals surface area contributed by atoms with Crippen LogP contribution in [0, 0.1) is 5.92 Å². The molecule has 1 aromatic heterocycles. The lowest BCUT2D eigenvalue weighted by molar-refractivity contribution is 0.320. The highest BCUT2D eigenvalue weighted by Crippen LogP contribution is 2.40. The molecule has 0 radical (unpaired) electrons. The van der Waals surface area contributed by atoms with Gasteiger partial charge in [0.1, 0.15) is 12.0 Å². The molecule has 0 aliphatic heterocycles. The molecule has 2 aromatic carbocycles. The topological polar surface area (TPSA) is 35.3 Å². The van der Waals surface area contributed by atoms with Gasteiger partial charge in [0, 0.05) is 12.0 Å². The van der Waals surface area contributed by atoms with E-state index in [1.54, 1.807) is 6.26 Å². The Morgan fingerprint density at radius 3 is 2.85 bits per heavy atom. The van der Waals surface area contributed by atoms with E-state index in [9.17, 15) is 0 Å². The highest BCUT2D eigenvalue weighted by molar-refractivity contribution is 5.52. The molecule has 0 amide bonds. The van der Waals surface area contributed by atoms with Gasteiger partial charge in [-0.15, -0.1) is 0 Å². The summed E-state index contributed by atoms with van der Waals surface area (Å²) < 4.78 is 11.6. The van der Waals surface area contributed by atoms with Gasteiger partial charge in [0.05, 0.1) is 12.3 Å². The highest BCUT2D eigenvalue weighted by atomic mass is 16.5. The summed E-state index contributed by atoms with van der Waals surface area (Å²) in [5.74, 6) is 3.10. The second-order valence-electron chi connectivity index (χ2n) is 7.50. The summed E-state index contributed by atoms with van der Waals surface area (Å²) in [5.41, 5.74) is 4.91. The van der Waals surface area contributed by atoms with Crippen LogP contribution in [0.5, 0.6) is 5.75 Å². The Hall–Kier alpha value is -2.55. The van der Waals surface area contributed by atoms with Gasteiger partial charge in [0.15, 0.2) is 0 Å². The Labute approximate surface area is 161 Å². The minimum atomic E-state index is 0.605. The average molecular weight is 361 g/mol. The second kappa shape index (κ2) is 7.99. The second-order valence-corrected chi connectivity index (χ2v) is 7.50. The predicted octanol–water partition coefficient (Wildman–Crippen LogP) is 6.04. The quantitative estimate of drug-likeness (QED) is 0.515. The first kappa shape index (κ1) is 17.8. The molecule has 27 heavy (non-hydrogen) atoms. The van der Waals surface area contributed by atoms with Gasteiger partial charge in [-0.25, -0.2) is 4.98 Å². The van der Waals surface area contributed by atoms with Gasteiger partial charge in [-0.1, -0.05) is 44.5 Å². The number of oxazole rings is 1. The van der Waals surface area contributed by atoms with E-state index in [2.05, 4.69) is 37.0 Å². The van der Waals surface area contributed by atoms with Crippen LogP contribution in [-0.4, -0.2) is 11.6 Å². The third kappa shape index (κ3) is 3.92. The number of benzene rings is 2. The van der Waals surface area contributed by atoms with Crippen molar-refractivity contribution < 1.29 is 9.15 Å². The Morgan fingerprint density at radius 1 is 1.19 bits per heavy atom. The van der Waals surface area contributed by atoms with Crippen molar-refractivity contribution in [3.05, 3.63) is 71.6 Å². The summed E-state index contributed by atoms with van der Waals surface area (Å²) in [4.78, 5) is 4.56. The number of rotatable bonds is 7. The van der Waals surface area contributed by atoms with E-state index in [4.69, 9.17) is 9.15 Å². The fourth-order valence-electron chi connectivity index (χ4n) is 4.00. The molecule has 4 rings (SSSR count). The molecule has 0 saturated carbocycles. The van der Waals surface area contributed by atoms with Crippen LogP contribution < -0.4 is 4.74 Å². The maximum Gasteiger partial charge on any atom is 0.226 e. The molecule has 140 valence electrons. The van der Waals surface area contributed by atoms with Crippen molar-refractivity contribution in [3.8, 4) is 17.2 Å². The molecule has 1 aliphatic carbocycles. The number of nitrogens with zero attached hydrogens (tertiary/aromatic N) is 1. The molecule has 3 aromatic rings. The number of hydrogen-bond donors (Lipinski definition) is 0. The smallest absolute Gasteiger partial charge is 0.226 e. The summed E-state index contributed by atoms with van der Waals surface area (Å²) in [7, 11) is 0. The van der Waals surface area contributed by atoms with Gasteiger partial charge >= 0.3 is 0 Å². The molecular formula is C24H27NO2. The van der Waals surface area contributed by atoms with Crippen molar-refractivity contribution in [1.29, 1.82) is 0 Å². The number of fused-ring (bicyclic) bond motifs is 1. The SMILES string of the molecule is CCC(C)C1CCc2cc(OCCc3coc(-c4ccccc4)n3)ccc21. The lowest BCUT2D eigenvalue weighted by Gasteiger charge is -2.18. The van der Waals surface area contributed by atoms with Crippen LogP contribution in [-0.2, 0) is 12.8 Å². The Morgan fingerprint density at radius 2 is 2.04 bits per heavy atom. The van der Waals surface area contributed by atoms with E-state index in [0.717, 1.165) is 29.3 Å². The molecule has 3 nitrogen and oxygen atoms in total. The van der Waals surface area contributed by atoms with Gasteiger partial charge in [-0.3, -0.25) is 0 Å². The Balaban J connectivity index is 1.34. The first-order valence-electron chi connectivity index (χ1n) is 10.00. The molecule has 1 heterocycles. The number of aryl methyl sites for hydroxylation is 1. The molecule has 0 spiro atoms. The monoisotopic (exact) mass is 361 g/mol. The standard InChI is InChI=1S/C24H27NO2/c1-3-17(2)22-11-9-19-15-21(10-12-23(19)22)26-14-13-20-16-27-24(25-20)18-7-5-4-6-8-18/h4-8,10,12,15-17,22H,3,9,11,13-14H2,1-2H3. The van der Waals surface area contributed by atoms with E-state index < -0.39 is 0 Å². The van der Waals surface area contributed by atoms with E-state index in [1.807, 2.05) is 30.3 Å². The molecule has 1 aliphatic rings. The van der Waals surface area contributed by atoms with E-state index in [-0.39, 0.29) is 0 Å². The summed E-state index contributed by atoms with van der Waals surface area (Å²) in [6, 6.07) is 16.6. The normalized spacial score (nSPS) is 16.9. The van der Waals surface area contributed by atoms with Crippen LogP contribution in [0.4, 0.5) is 0 Å². The van der Waals surface area contributed by atoms with Crippen molar-refractivity contribution in [1.82, 2.24) is 4.98 Å².